The van der Waals surface area contributed by atoms with Gasteiger partial charge in [-0.2, -0.15) is 0 Å². The van der Waals surface area contributed by atoms with Gasteiger partial charge in [-0.1, -0.05) is 61.9 Å². The molecule has 0 aliphatic heterocycles. The maximum Gasteiger partial charge on any atom is 0.404 e. The van der Waals surface area contributed by atoms with E-state index in [1.54, 1.807) is 0 Å². The molecule has 4 heteroatoms. The Hall–Kier alpha value is -0.990. The van der Waals surface area contributed by atoms with Crippen LogP contribution in [0.3, 0.4) is 0 Å². The van der Waals surface area contributed by atoms with E-state index in [0.29, 0.717) is 5.03 Å². The van der Waals surface area contributed by atoms with Crippen molar-refractivity contribution in [2.24, 2.45) is 11.3 Å². The second kappa shape index (κ2) is 4.94. The first-order valence-electron chi connectivity index (χ1n) is 5.72. The van der Waals surface area contributed by atoms with Crippen LogP contribution in [0.25, 0.3) is 5.03 Å². The highest BCUT2D eigenvalue weighted by Crippen LogP contribution is 2.56. The Morgan fingerprint density at radius 3 is 2.44 bits per heavy atom. The molecule has 2 nitrogen and oxygen atoms in total. The maximum absolute atomic E-state index is 10.8. The van der Waals surface area contributed by atoms with Crippen LogP contribution in [0.15, 0.2) is 36.4 Å². The molecule has 0 bridgehead atoms. The average Bonchev–Trinajstić information content (AvgIpc) is 2.81. The van der Waals surface area contributed by atoms with Crippen molar-refractivity contribution in [2.45, 2.75) is 20.0 Å². The Kier molecular flexibility index (Phi) is 3.69. The second-order valence-electron chi connectivity index (χ2n) is 5.00. The maximum atomic E-state index is 10.8. The Morgan fingerprint density at radius 2 is 1.89 bits per heavy atom. The van der Waals surface area contributed by atoms with Gasteiger partial charge in [0.2, 0.25) is 0 Å². The molecule has 0 radical (unpaired) electrons. The minimum atomic E-state index is -0.764. The summed E-state index contributed by atoms with van der Waals surface area (Å²) in [5.41, 5.74) is 0.0806. The number of halogens is 2. The first-order chi connectivity index (χ1) is 8.43. The number of hydrogen-bond acceptors (Lipinski definition) is 2. The fraction of sp³-hybridized carbons (Fsp3) is 0.357. The summed E-state index contributed by atoms with van der Waals surface area (Å²) in [5, 5.41) is 0.668. The molecule has 2 rings (SSSR count). The fourth-order valence-electron chi connectivity index (χ4n) is 2.11. The van der Waals surface area contributed by atoms with Crippen molar-refractivity contribution in [3.05, 3.63) is 42.0 Å². The van der Waals surface area contributed by atoms with Crippen LogP contribution in [0, 0.1) is 11.3 Å². The fourth-order valence-corrected chi connectivity index (χ4v) is 2.47. The third kappa shape index (κ3) is 2.70. The lowest BCUT2D eigenvalue weighted by Crippen LogP contribution is -2.03. The van der Waals surface area contributed by atoms with Gasteiger partial charge < -0.3 is 4.74 Å². The van der Waals surface area contributed by atoms with E-state index >= 15 is 0 Å². The van der Waals surface area contributed by atoms with E-state index in [9.17, 15) is 4.79 Å². The van der Waals surface area contributed by atoms with E-state index < -0.39 is 5.43 Å². The Balaban J connectivity index is 2.13. The lowest BCUT2D eigenvalue weighted by Gasteiger charge is -2.00. The van der Waals surface area contributed by atoms with Crippen molar-refractivity contribution in [3.8, 4) is 0 Å². The molecule has 1 aliphatic carbocycles. The summed E-state index contributed by atoms with van der Waals surface area (Å²) >= 11 is 11.5. The predicted molar refractivity (Wildman–Crippen MR) is 73.7 cm³/mol. The number of ether oxygens (including phenoxy) is 1. The van der Waals surface area contributed by atoms with Crippen LogP contribution in [0.1, 0.15) is 19.4 Å². The van der Waals surface area contributed by atoms with Crippen molar-refractivity contribution < 1.29 is 9.53 Å². The average molecular weight is 285 g/mol. The molecule has 0 N–H and O–H groups in total. The molecule has 0 amide bonds. The van der Waals surface area contributed by atoms with Gasteiger partial charge in [-0.3, -0.25) is 0 Å². The Labute approximate surface area is 117 Å². The zero-order chi connectivity index (χ0) is 13.3. The lowest BCUT2D eigenvalue weighted by molar-refractivity contribution is 0.150. The van der Waals surface area contributed by atoms with Crippen molar-refractivity contribution in [1.82, 2.24) is 0 Å². The first-order valence-corrected chi connectivity index (χ1v) is 6.47. The van der Waals surface area contributed by atoms with Crippen LogP contribution in [0.5, 0.6) is 0 Å². The third-order valence-corrected chi connectivity index (χ3v) is 3.84. The highest BCUT2D eigenvalue weighted by Gasteiger charge is 2.59. The molecule has 0 spiro atoms. The van der Waals surface area contributed by atoms with Gasteiger partial charge in [0, 0.05) is 28.0 Å². The summed E-state index contributed by atoms with van der Waals surface area (Å²) < 4.78 is 5.05. The largest absolute Gasteiger partial charge is 0.449 e. The topological polar surface area (TPSA) is 26.3 Å². The van der Waals surface area contributed by atoms with Crippen LogP contribution in [0.4, 0.5) is 4.79 Å². The molecule has 96 valence electrons. The van der Waals surface area contributed by atoms with Crippen molar-refractivity contribution in [2.75, 3.05) is 0 Å². The zero-order valence-electron chi connectivity index (χ0n) is 10.2. The van der Waals surface area contributed by atoms with E-state index in [1.165, 1.54) is 0 Å². The zero-order valence-corrected chi connectivity index (χ0v) is 11.7. The van der Waals surface area contributed by atoms with Crippen LogP contribution in [-0.4, -0.2) is 11.5 Å². The molecule has 18 heavy (non-hydrogen) atoms. The SMILES string of the molecule is CC1(C)C(C=C(Cl)c2ccccc2)C1OC(=O)Cl. The van der Waals surface area contributed by atoms with Crippen LogP contribution in [0.2, 0.25) is 0 Å². The summed E-state index contributed by atoms with van der Waals surface area (Å²) in [6.45, 7) is 4.04. The summed E-state index contributed by atoms with van der Waals surface area (Å²) in [5.74, 6) is 0.105. The highest BCUT2D eigenvalue weighted by molar-refractivity contribution is 6.61. The molecule has 0 aromatic heterocycles. The third-order valence-electron chi connectivity index (χ3n) is 3.40. The molecule has 0 saturated heterocycles. The molecule has 2 atom stereocenters. The Bertz CT molecular complexity index is 480. The van der Waals surface area contributed by atoms with Crippen molar-refractivity contribution >= 4 is 33.7 Å². The number of carbonyl (C=O) groups is 1. The predicted octanol–water partition coefficient (Wildman–Crippen LogP) is 4.67. The molecule has 1 saturated carbocycles. The highest BCUT2D eigenvalue weighted by atomic mass is 35.5. The summed E-state index contributed by atoms with van der Waals surface area (Å²) in [7, 11) is 0. The van der Waals surface area contributed by atoms with E-state index in [2.05, 4.69) is 0 Å². The molecule has 1 aromatic rings. The molecule has 1 aromatic carbocycles. The number of carbonyl (C=O) groups excluding carboxylic acids is 1. The van der Waals surface area contributed by atoms with Crippen molar-refractivity contribution in [1.29, 1.82) is 0 Å². The van der Waals surface area contributed by atoms with E-state index in [0.717, 1.165) is 5.56 Å². The van der Waals surface area contributed by atoms with Gasteiger partial charge >= 0.3 is 5.43 Å². The molecular weight excluding hydrogens is 271 g/mol. The van der Waals surface area contributed by atoms with E-state index in [-0.39, 0.29) is 17.4 Å². The monoisotopic (exact) mass is 284 g/mol. The van der Waals surface area contributed by atoms with Crippen LogP contribution < -0.4 is 0 Å². The number of rotatable bonds is 3. The van der Waals surface area contributed by atoms with Gasteiger partial charge in [-0.15, -0.1) is 0 Å². The molecule has 0 heterocycles. The molecule has 1 fully saturated rings. The van der Waals surface area contributed by atoms with Gasteiger partial charge in [-0.05, 0) is 5.56 Å². The smallest absolute Gasteiger partial charge is 0.404 e. The van der Waals surface area contributed by atoms with Gasteiger partial charge in [0.25, 0.3) is 0 Å². The normalized spacial score (nSPS) is 25.7. The molecule has 1 aliphatic rings. The summed E-state index contributed by atoms with van der Waals surface area (Å²) in [6, 6.07) is 9.68. The van der Waals surface area contributed by atoms with Gasteiger partial charge in [0.05, 0.1) is 0 Å². The summed E-state index contributed by atoms with van der Waals surface area (Å²) in [6.07, 6.45) is 1.74. The number of benzene rings is 1. The van der Waals surface area contributed by atoms with Gasteiger partial charge in [-0.25, -0.2) is 4.79 Å². The van der Waals surface area contributed by atoms with Gasteiger partial charge in [0.15, 0.2) is 0 Å². The Morgan fingerprint density at radius 1 is 1.28 bits per heavy atom. The van der Waals surface area contributed by atoms with Gasteiger partial charge in [0.1, 0.15) is 6.10 Å². The van der Waals surface area contributed by atoms with Crippen molar-refractivity contribution in [3.63, 3.8) is 0 Å². The standard InChI is InChI=1S/C14H14Cl2O2/c1-14(2)10(12(14)18-13(16)17)8-11(15)9-6-4-3-5-7-9/h3-8,10,12H,1-2H3. The van der Waals surface area contributed by atoms with Crippen LogP contribution >= 0.6 is 23.2 Å². The lowest BCUT2D eigenvalue weighted by atomic mass is 10.1. The van der Waals surface area contributed by atoms with E-state index in [4.69, 9.17) is 27.9 Å². The molecular formula is C14H14Cl2O2. The summed E-state index contributed by atoms with van der Waals surface area (Å²) in [4.78, 5) is 10.8. The number of hydrogen-bond donors (Lipinski definition) is 0. The quantitative estimate of drug-likeness (QED) is 0.754. The minimum Gasteiger partial charge on any atom is -0.449 e. The van der Waals surface area contributed by atoms with E-state index in [1.807, 2.05) is 50.3 Å². The van der Waals surface area contributed by atoms with Crippen LogP contribution in [-0.2, 0) is 4.74 Å². The first kappa shape index (κ1) is 13.4. The second-order valence-corrected chi connectivity index (χ2v) is 5.72. The minimum absolute atomic E-state index is 0.105. The molecule has 2 unspecified atom stereocenters.